The lowest BCUT2D eigenvalue weighted by Crippen LogP contribution is -2.31. The van der Waals surface area contributed by atoms with Crippen LogP contribution in [-0.2, 0) is 6.42 Å². The monoisotopic (exact) mass is 260 g/mol. The van der Waals surface area contributed by atoms with Crippen molar-refractivity contribution in [1.82, 2.24) is 10.3 Å². The molecular weight excluding hydrogens is 244 g/mol. The van der Waals surface area contributed by atoms with E-state index in [1.807, 2.05) is 23.7 Å². The van der Waals surface area contributed by atoms with Crippen LogP contribution in [0.2, 0.25) is 0 Å². The predicted octanol–water partition coefficient (Wildman–Crippen LogP) is 2.80. The maximum Gasteiger partial charge on any atom is 0.123 e. The molecule has 1 aromatic carbocycles. The van der Waals surface area contributed by atoms with Gasteiger partial charge in [0.2, 0.25) is 0 Å². The zero-order valence-electron chi connectivity index (χ0n) is 10.3. The lowest BCUT2D eigenvalue weighted by molar-refractivity contribution is 0.222. The van der Waals surface area contributed by atoms with Crippen LogP contribution in [0.4, 0.5) is 0 Å². The normalized spacial score (nSPS) is 19.3. The van der Waals surface area contributed by atoms with Crippen LogP contribution < -0.4 is 10.1 Å². The molecule has 2 heterocycles. The van der Waals surface area contributed by atoms with Gasteiger partial charge in [-0.25, -0.2) is 4.98 Å². The highest BCUT2D eigenvalue weighted by Gasteiger charge is 2.22. The Hall–Kier alpha value is -1.39. The van der Waals surface area contributed by atoms with E-state index in [2.05, 4.69) is 29.4 Å². The first-order chi connectivity index (χ1) is 8.83. The highest BCUT2D eigenvalue weighted by Crippen LogP contribution is 2.28. The van der Waals surface area contributed by atoms with Gasteiger partial charge in [-0.1, -0.05) is 18.2 Å². The van der Waals surface area contributed by atoms with Crippen LogP contribution in [0.25, 0.3) is 0 Å². The van der Waals surface area contributed by atoms with Crippen molar-refractivity contribution < 1.29 is 4.74 Å². The summed E-state index contributed by atoms with van der Waals surface area (Å²) in [4.78, 5) is 4.32. The number of benzene rings is 1. The van der Waals surface area contributed by atoms with E-state index >= 15 is 0 Å². The number of nitrogens with one attached hydrogen (secondary N) is 1. The van der Waals surface area contributed by atoms with Gasteiger partial charge < -0.3 is 10.1 Å². The van der Waals surface area contributed by atoms with E-state index in [9.17, 15) is 0 Å². The van der Waals surface area contributed by atoms with Crippen molar-refractivity contribution in [3.05, 3.63) is 46.4 Å². The molecule has 4 heteroatoms. The molecule has 1 aliphatic rings. The number of para-hydroxylation sites is 1. The zero-order valence-corrected chi connectivity index (χ0v) is 11.1. The second-order valence-corrected chi connectivity index (χ2v) is 5.48. The highest BCUT2D eigenvalue weighted by atomic mass is 32.1. The first-order valence-electron chi connectivity index (χ1n) is 6.20. The van der Waals surface area contributed by atoms with E-state index < -0.39 is 0 Å². The Balaban J connectivity index is 1.54. The van der Waals surface area contributed by atoms with E-state index in [4.69, 9.17) is 4.74 Å². The van der Waals surface area contributed by atoms with Crippen molar-refractivity contribution in [2.45, 2.75) is 25.5 Å². The van der Waals surface area contributed by atoms with Crippen LogP contribution in [0.3, 0.4) is 0 Å². The van der Waals surface area contributed by atoms with Crippen molar-refractivity contribution in [1.29, 1.82) is 0 Å². The van der Waals surface area contributed by atoms with E-state index in [-0.39, 0.29) is 12.1 Å². The van der Waals surface area contributed by atoms with Crippen LogP contribution >= 0.6 is 11.3 Å². The molecule has 0 saturated carbocycles. The maximum absolute atomic E-state index is 5.90. The summed E-state index contributed by atoms with van der Waals surface area (Å²) in [5, 5.41) is 6.62. The third kappa shape index (κ3) is 2.40. The summed E-state index contributed by atoms with van der Waals surface area (Å²) in [5.74, 6) is 1.03. The van der Waals surface area contributed by atoms with Gasteiger partial charge in [0.15, 0.2) is 0 Å². The van der Waals surface area contributed by atoms with Crippen LogP contribution in [0, 0.1) is 0 Å². The average molecular weight is 260 g/mol. The fourth-order valence-electron chi connectivity index (χ4n) is 2.21. The minimum Gasteiger partial charge on any atom is -0.488 e. The zero-order chi connectivity index (χ0) is 12.4. The predicted molar refractivity (Wildman–Crippen MR) is 73.1 cm³/mol. The summed E-state index contributed by atoms with van der Waals surface area (Å²) in [6.07, 6.45) is 3.08. The number of ether oxygens (including phenoxy) is 1. The van der Waals surface area contributed by atoms with Gasteiger partial charge in [-0.2, -0.15) is 0 Å². The third-order valence-electron chi connectivity index (χ3n) is 3.19. The van der Waals surface area contributed by atoms with Gasteiger partial charge in [0, 0.05) is 24.5 Å². The van der Waals surface area contributed by atoms with Gasteiger partial charge >= 0.3 is 0 Å². The second-order valence-electron chi connectivity index (χ2n) is 4.55. The molecule has 94 valence electrons. The summed E-state index contributed by atoms with van der Waals surface area (Å²) in [6, 6.07) is 8.56. The minimum atomic E-state index is 0.241. The molecule has 1 aromatic heterocycles. The fourth-order valence-corrected chi connectivity index (χ4v) is 2.88. The molecule has 2 aromatic rings. The molecule has 0 radical (unpaired) electrons. The molecule has 2 atom stereocenters. The van der Waals surface area contributed by atoms with Crippen molar-refractivity contribution in [3.8, 4) is 5.75 Å². The van der Waals surface area contributed by atoms with Crippen molar-refractivity contribution in [3.63, 3.8) is 0 Å². The Kier molecular flexibility index (Phi) is 3.30. The molecule has 18 heavy (non-hydrogen) atoms. The van der Waals surface area contributed by atoms with Crippen LogP contribution in [0.5, 0.6) is 5.75 Å². The SMILES string of the molecule is CC(NCC1Cc2ccccc2O1)c1nccs1. The quantitative estimate of drug-likeness (QED) is 0.918. The first kappa shape index (κ1) is 11.7. The summed E-state index contributed by atoms with van der Waals surface area (Å²) >= 11 is 1.69. The van der Waals surface area contributed by atoms with Gasteiger partial charge in [-0.05, 0) is 18.6 Å². The van der Waals surface area contributed by atoms with Gasteiger partial charge in [-0.15, -0.1) is 11.3 Å². The molecule has 0 saturated heterocycles. The van der Waals surface area contributed by atoms with Gasteiger partial charge in [-0.3, -0.25) is 0 Å². The van der Waals surface area contributed by atoms with Crippen molar-refractivity contribution in [2.24, 2.45) is 0 Å². The number of rotatable bonds is 4. The molecule has 0 aliphatic carbocycles. The summed E-state index contributed by atoms with van der Waals surface area (Å²) in [6.45, 7) is 3.00. The molecule has 1 aliphatic heterocycles. The summed E-state index contributed by atoms with van der Waals surface area (Å²) in [5.41, 5.74) is 1.31. The summed E-state index contributed by atoms with van der Waals surface area (Å²) in [7, 11) is 0. The highest BCUT2D eigenvalue weighted by molar-refractivity contribution is 7.09. The number of fused-ring (bicyclic) bond motifs is 1. The lowest BCUT2D eigenvalue weighted by atomic mass is 10.1. The minimum absolute atomic E-state index is 0.241. The molecule has 0 amide bonds. The molecule has 3 nitrogen and oxygen atoms in total. The number of thiazole rings is 1. The Bertz CT molecular complexity index is 487. The van der Waals surface area contributed by atoms with Gasteiger partial charge in [0.05, 0.1) is 6.04 Å². The van der Waals surface area contributed by atoms with Crippen LogP contribution in [0.1, 0.15) is 23.5 Å². The van der Waals surface area contributed by atoms with E-state index in [0.717, 1.165) is 23.7 Å². The smallest absolute Gasteiger partial charge is 0.123 e. The number of hydrogen-bond donors (Lipinski definition) is 1. The molecule has 2 unspecified atom stereocenters. The van der Waals surface area contributed by atoms with E-state index in [1.165, 1.54) is 5.56 Å². The maximum atomic E-state index is 5.90. The number of nitrogens with zero attached hydrogens (tertiary/aromatic N) is 1. The molecule has 1 N–H and O–H groups in total. The molecular formula is C14H16N2OS. The lowest BCUT2D eigenvalue weighted by Gasteiger charge is -2.15. The average Bonchev–Trinajstić information content (AvgIpc) is 3.04. The van der Waals surface area contributed by atoms with Crippen LogP contribution in [0.15, 0.2) is 35.8 Å². The molecule has 0 bridgehead atoms. The third-order valence-corrected chi connectivity index (χ3v) is 4.15. The molecule has 0 fully saturated rings. The van der Waals surface area contributed by atoms with Gasteiger partial charge in [0.1, 0.15) is 16.9 Å². The topological polar surface area (TPSA) is 34.1 Å². The summed E-state index contributed by atoms with van der Waals surface area (Å²) < 4.78 is 5.90. The van der Waals surface area contributed by atoms with E-state index in [1.54, 1.807) is 11.3 Å². The largest absolute Gasteiger partial charge is 0.488 e. The van der Waals surface area contributed by atoms with Gasteiger partial charge in [0.25, 0.3) is 0 Å². The Labute approximate surface area is 111 Å². The molecule has 3 rings (SSSR count). The van der Waals surface area contributed by atoms with Crippen molar-refractivity contribution >= 4 is 11.3 Å². The van der Waals surface area contributed by atoms with E-state index in [0.29, 0.717) is 0 Å². The Morgan fingerprint density at radius 3 is 3.17 bits per heavy atom. The standard InChI is InChI=1S/C14H16N2OS/c1-10(14-15-6-7-18-14)16-9-12-8-11-4-2-3-5-13(11)17-12/h2-7,10,12,16H,8-9H2,1H3. The second kappa shape index (κ2) is 5.08. The van der Waals surface area contributed by atoms with Crippen molar-refractivity contribution in [2.75, 3.05) is 6.54 Å². The number of hydrogen-bond acceptors (Lipinski definition) is 4. The first-order valence-corrected chi connectivity index (χ1v) is 7.08. The van der Waals surface area contributed by atoms with Crippen LogP contribution in [-0.4, -0.2) is 17.6 Å². The Morgan fingerprint density at radius 1 is 1.50 bits per heavy atom. The Morgan fingerprint density at radius 2 is 2.39 bits per heavy atom. The fraction of sp³-hybridized carbons (Fsp3) is 0.357. The number of aromatic nitrogens is 1. The molecule has 0 spiro atoms.